The zero-order valence-corrected chi connectivity index (χ0v) is 20.8. The zero-order valence-electron chi connectivity index (χ0n) is 19.3. The fourth-order valence-electron chi connectivity index (χ4n) is 4.49. The summed E-state index contributed by atoms with van der Waals surface area (Å²) in [6.07, 6.45) is 5.30. The minimum atomic E-state index is -3.54. The van der Waals surface area contributed by atoms with Crippen LogP contribution in [0.1, 0.15) is 45.4 Å². The van der Waals surface area contributed by atoms with Crippen molar-refractivity contribution in [3.63, 3.8) is 0 Å². The number of hydrogen-bond acceptors (Lipinski definition) is 5. The van der Waals surface area contributed by atoms with Gasteiger partial charge in [0.1, 0.15) is 5.75 Å². The van der Waals surface area contributed by atoms with E-state index < -0.39 is 10.0 Å². The Balaban J connectivity index is 1.68. The van der Waals surface area contributed by atoms with Crippen molar-refractivity contribution in [1.29, 1.82) is 0 Å². The second kappa shape index (κ2) is 11.6. The van der Waals surface area contributed by atoms with Crippen LogP contribution in [0.2, 0.25) is 0 Å². The molecule has 0 saturated carbocycles. The smallest absolute Gasteiger partial charge is 0.243 e. The number of piperazine rings is 1. The van der Waals surface area contributed by atoms with Crippen molar-refractivity contribution in [3.05, 3.63) is 18.2 Å². The highest BCUT2D eigenvalue weighted by Crippen LogP contribution is 2.33. The minimum absolute atomic E-state index is 0.182. The van der Waals surface area contributed by atoms with Gasteiger partial charge in [-0.05, 0) is 49.8 Å². The van der Waals surface area contributed by atoms with Crippen LogP contribution in [0.25, 0.3) is 0 Å². The van der Waals surface area contributed by atoms with Crippen LogP contribution < -0.4 is 9.64 Å². The first-order chi connectivity index (χ1) is 15.4. The summed E-state index contributed by atoms with van der Waals surface area (Å²) < 4.78 is 33.7. The predicted octanol–water partition coefficient (Wildman–Crippen LogP) is 3.56. The maximum absolute atomic E-state index is 13.3. The van der Waals surface area contributed by atoms with Gasteiger partial charge in [-0.3, -0.25) is 4.79 Å². The van der Waals surface area contributed by atoms with Gasteiger partial charge in [-0.2, -0.15) is 4.31 Å². The summed E-state index contributed by atoms with van der Waals surface area (Å²) in [5.74, 6) is 1.84. The average molecular weight is 486 g/mol. The van der Waals surface area contributed by atoms with E-state index >= 15 is 0 Å². The third-order valence-electron chi connectivity index (χ3n) is 6.41. The number of anilines is 1. The van der Waals surface area contributed by atoms with E-state index in [4.69, 9.17) is 16.3 Å². The van der Waals surface area contributed by atoms with Crippen molar-refractivity contribution < 1.29 is 17.9 Å². The molecule has 1 aromatic rings. The second-order valence-electron chi connectivity index (χ2n) is 8.81. The van der Waals surface area contributed by atoms with Crippen LogP contribution in [0.15, 0.2) is 23.1 Å². The first kappa shape index (κ1) is 25.1. The van der Waals surface area contributed by atoms with Crippen LogP contribution in [-0.4, -0.2) is 75.8 Å². The molecule has 0 bridgehead atoms. The van der Waals surface area contributed by atoms with Crippen molar-refractivity contribution in [2.75, 3.05) is 57.2 Å². The molecule has 2 heterocycles. The maximum Gasteiger partial charge on any atom is 0.243 e. The van der Waals surface area contributed by atoms with Gasteiger partial charge in [-0.15, -0.1) is 11.6 Å². The Kier molecular flexibility index (Phi) is 9.08. The molecule has 0 unspecified atom stereocenters. The van der Waals surface area contributed by atoms with Crippen LogP contribution >= 0.6 is 11.6 Å². The van der Waals surface area contributed by atoms with E-state index in [0.717, 1.165) is 37.8 Å². The molecular weight excluding hydrogens is 450 g/mol. The van der Waals surface area contributed by atoms with E-state index in [1.807, 2.05) is 4.90 Å². The van der Waals surface area contributed by atoms with E-state index in [1.54, 1.807) is 29.6 Å². The van der Waals surface area contributed by atoms with Crippen LogP contribution in [0.3, 0.4) is 0 Å². The van der Waals surface area contributed by atoms with Crippen molar-refractivity contribution in [2.24, 2.45) is 5.92 Å². The zero-order chi connectivity index (χ0) is 23.1. The molecular formula is C23H36ClN3O4S. The largest absolute Gasteiger partial charge is 0.495 e. The molecule has 9 heteroatoms. The predicted molar refractivity (Wildman–Crippen MR) is 128 cm³/mol. The van der Waals surface area contributed by atoms with Gasteiger partial charge in [-0.25, -0.2) is 8.42 Å². The van der Waals surface area contributed by atoms with Crippen molar-refractivity contribution in [3.8, 4) is 5.75 Å². The molecule has 180 valence electrons. The van der Waals surface area contributed by atoms with E-state index in [2.05, 4.69) is 11.8 Å². The van der Waals surface area contributed by atoms with E-state index in [1.165, 1.54) is 0 Å². The number of benzene rings is 1. The Morgan fingerprint density at radius 1 is 1.12 bits per heavy atom. The summed E-state index contributed by atoms with van der Waals surface area (Å²) >= 11 is 5.70. The van der Waals surface area contributed by atoms with E-state index in [9.17, 15) is 13.2 Å². The Morgan fingerprint density at radius 3 is 2.53 bits per heavy atom. The lowest BCUT2D eigenvalue weighted by Gasteiger charge is -2.37. The molecule has 1 amide bonds. The van der Waals surface area contributed by atoms with Gasteiger partial charge < -0.3 is 14.5 Å². The number of rotatable bonds is 9. The topological polar surface area (TPSA) is 70.2 Å². The molecule has 2 aliphatic rings. The highest BCUT2D eigenvalue weighted by molar-refractivity contribution is 7.89. The Morgan fingerprint density at radius 2 is 1.88 bits per heavy atom. The van der Waals surface area contributed by atoms with Gasteiger partial charge in [0.05, 0.1) is 17.7 Å². The number of unbranched alkanes of at least 4 members (excludes halogenated alkanes) is 2. The molecule has 0 aliphatic carbocycles. The monoisotopic (exact) mass is 485 g/mol. The molecule has 1 aromatic carbocycles. The number of piperidine rings is 1. The van der Waals surface area contributed by atoms with Crippen molar-refractivity contribution in [1.82, 2.24) is 9.21 Å². The summed E-state index contributed by atoms with van der Waals surface area (Å²) in [5.41, 5.74) is 0.771. The van der Waals surface area contributed by atoms with Crippen LogP contribution in [0.4, 0.5) is 5.69 Å². The van der Waals surface area contributed by atoms with Crippen LogP contribution in [-0.2, 0) is 14.8 Å². The molecule has 2 fully saturated rings. The summed E-state index contributed by atoms with van der Waals surface area (Å²) in [7, 11) is -1.95. The lowest BCUT2D eigenvalue weighted by atomic mass is 10.0. The van der Waals surface area contributed by atoms with Gasteiger partial charge in [-0.1, -0.05) is 13.3 Å². The van der Waals surface area contributed by atoms with E-state index in [0.29, 0.717) is 68.1 Å². The van der Waals surface area contributed by atoms with Gasteiger partial charge >= 0.3 is 0 Å². The van der Waals surface area contributed by atoms with Gasteiger partial charge in [0, 0.05) is 51.6 Å². The lowest BCUT2D eigenvalue weighted by molar-refractivity contribution is -0.131. The number of carbonyl (C=O) groups excluding carboxylic acids is 1. The number of amides is 1. The third kappa shape index (κ3) is 6.08. The number of carbonyl (C=O) groups is 1. The fourth-order valence-corrected chi connectivity index (χ4v) is 6.30. The summed E-state index contributed by atoms with van der Waals surface area (Å²) in [6.45, 7) is 5.77. The molecule has 32 heavy (non-hydrogen) atoms. The highest BCUT2D eigenvalue weighted by atomic mass is 35.5. The van der Waals surface area contributed by atoms with Gasteiger partial charge in [0.15, 0.2) is 0 Å². The SMILES string of the molecule is COc1ccc(S(=O)(=O)N2CCC[C@H](C)C2)cc1N1CCN(C(=O)CCCCCCl)CC1. The Hall–Kier alpha value is -1.51. The molecule has 7 nitrogen and oxygen atoms in total. The number of sulfonamides is 1. The quantitative estimate of drug-likeness (QED) is 0.395. The molecule has 1 atom stereocenters. The Labute approximate surface area is 197 Å². The molecule has 0 N–H and O–H groups in total. The first-order valence-electron chi connectivity index (χ1n) is 11.6. The van der Waals surface area contributed by atoms with Crippen molar-refractivity contribution in [2.45, 2.75) is 50.3 Å². The van der Waals surface area contributed by atoms with E-state index in [-0.39, 0.29) is 5.91 Å². The minimum Gasteiger partial charge on any atom is -0.495 e. The van der Waals surface area contributed by atoms with Crippen molar-refractivity contribution >= 4 is 33.2 Å². The Bertz CT molecular complexity index is 872. The highest BCUT2D eigenvalue weighted by Gasteiger charge is 2.30. The normalized spacial score (nSPS) is 20.4. The molecule has 0 aromatic heterocycles. The third-order valence-corrected chi connectivity index (χ3v) is 8.53. The number of alkyl halides is 1. The van der Waals surface area contributed by atoms with Crippen LogP contribution in [0, 0.1) is 5.92 Å². The van der Waals surface area contributed by atoms with Crippen LogP contribution in [0.5, 0.6) is 5.75 Å². The van der Waals surface area contributed by atoms with Gasteiger partial charge in [0.25, 0.3) is 0 Å². The molecule has 0 spiro atoms. The average Bonchev–Trinajstić information content (AvgIpc) is 2.81. The maximum atomic E-state index is 13.3. The number of halogens is 1. The molecule has 3 rings (SSSR count). The fraction of sp³-hybridized carbons (Fsp3) is 0.696. The number of methoxy groups -OCH3 is 1. The lowest BCUT2D eigenvalue weighted by Crippen LogP contribution is -2.48. The first-order valence-corrected chi connectivity index (χ1v) is 13.6. The number of hydrogen-bond donors (Lipinski definition) is 0. The summed E-state index contributed by atoms with van der Waals surface area (Å²) in [6, 6.07) is 5.11. The van der Waals surface area contributed by atoms with Gasteiger partial charge in [0.2, 0.25) is 15.9 Å². The molecule has 0 radical (unpaired) electrons. The number of ether oxygens (including phenoxy) is 1. The summed E-state index contributed by atoms with van der Waals surface area (Å²) in [4.78, 5) is 16.8. The second-order valence-corrected chi connectivity index (χ2v) is 11.1. The number of nitrogens with zero attached hydrogens (tertiary/aromatic N) is 3. The molecule has 2 aliphatic heterocycles. The summed E-state index contributed by atoms with van der Waals surface area (Å²) in [5, 5.41) is 0. The molecule has 2 saturated heterocycles. The standard InChI is InChI=1S/C23H36ClN3O4S/c1-19-7-6-12-27(18-19)32(29,30)20-9-10-22(31-2)21(17-20)25-13-15-26(16-14-25)23(28)8-4-3-5-11-24/h9-10,17,19H,3-8,11-16,18H2,1-2H3/t19-/m0/s1.